The lowest BCUT2D eigenvalue weighted by Crippen LogP contribution is -2.34. The number of halogens is 1. The molecule has 0 saturated carbocycles. The van der Waals surface area contributed by atoms with Crippen LogP contribution in [0.2, 0.25) is 0 Å². The lowest BCUT2D eigenvalue weighted by molar-refractivity contribution is -0.149. The Bertz CT molecular complexity index is 459. The molecule has 3 N–H and O–H groups in total. The molecule has 1 rings (SSSR count). The van der Waals surface area contributed by atoms with Gasteiger partial charge in [-0.05, 0) is 26.1 Å². The molecular formula is C22H43FN2O4. The zero-order valence-electron chi connectivity index (χ0n) is 19.7. The second kappa shape index (κ2) is 26.2. The molecule has 1 aromatic rings. The number of carbonyl (C=O) groups is 2. The van der Waals surface area contributed by atoms with E-state index in [1.165, 1.54) is 7.11 Å². The number of aliphatic carboxylic acids is 1. The van der Waals surface area contributed by atoms with E-state index in [4.69, 9.17) is 15.6 Å². The van der Waals surface area contributed by atoms with Gasteiger partial charge in [-0.3, -0.25) is 0 Å². The number of rotatable bonds is 8. The molecule has 0 bridgehead atoms. The summed E-state index contributed by atoms with van der Waals surface area (Å²) in [5.74, 6) is -1.05. The van der Waals surface area contributed by atoms with Gasteiger partial charge in [0.25, 0.3) is 0 Å². The van der Waals surface area contributed by atoms with Gasteiger partial charge >= 0.3 is 5.97 Å². The molecule has 0 aliphatic heterocycles. The first-order valence-corrected chi connectivity index (χ1v) is 10.1. The number of hydrogen-bond acceptors (Lipinski definition) is 5. The Morgan fingerprint density at radius 3 is 1.90 bits per heavy atom. The first-order valence-electron chi connectivity index (χ1n) is 10.1. The molecule has 0 spiro atoms. The van der Waals surface area contributed by atoms with Crippen LogP contribution in [0.4, 0.5) is 4.39 Å². The van der Waals surface area contributed by atoms with E-state index in [-0.39, 0.29) is 0 Å². The lowest BCUT2D eigenvalue weighted by Gasteiger charge is -2.18. The highest BCUT2D eigenvalue weighted by Crippen LogP contribution is 2.15. The van der Waals surface area contributed by atoms with Crippen LogP contribution in [-0.4, -0.2) is 62.3 Å². The number of aldehydes is 1. The molecule has 1 unspecified atom stereocenters. The summed E-state index contributed by atoms with van der Waals surface area (Å²) in [7, 11) is 5.02. The summed E-state index contributed by atoms with van der Waals surface area (Å²) >= 11 is 0. The number of carboxylic acid groups (broad SMARTS) is 1. The van der Waals surface area contributed by atoms with E-state index in [0.29, 0.717) is 19.3 Å². The molecule has 0 aliphatic rings. The van der Waals surface area contributed by atoms with Gasteiger partial charge in [0, 0.05) is 13.7 Å². The van der Waals surface area contributed by atoms with E-state index < -0.39 is 24.3 Å². The standard InChI is InChI=1S/C10H13NO3.C6H12FNO.3C2H6/c1-14-9(10(12)13)8(11)7-5-3-2-4-6-7;1-8(2)4-3-6(7)5-9;3*1-2/h2-6,8-9H,11H2,1H3,(H,12,13);5-6H,3-4H2,1-2H3;3*1-2H3/t8-,9+;;;;/m0..../s1. The van der Waals surface area contributed by atoms with Crippen LogP contribution in [0.1, 0.15) is 59.6 Å². The topological polar surface area (TPSA) is 92.9 Å². The average molecular weight is 419 g/mol. The van der Waals surface area contributed by atoms with Gasteiger partial charge in [0.2, 0.25) is 0 Å². The summed E-state index contributed by atoms with van der Waals surface area (Å²) in [4.78, 5) is 22.3. The maximum Gasteiger partial charge on any atom is 0.334 e. The predicted octanol–water partition coefficient (Wildman–Crippen LogP) is 4.34. The highest BCUT2D eigenvalue weighted by Gasteiger charge is 2.25. The monoisotopic (exact) mass is 418 g/mol. The molecule has 0 amide bonds. The van der Waals surface area contributed by atoms with Crippen molar-refractivity contribution < 1.29 is 23.8 Å². The third-order valence-electron chi connectivity index (χ3n) is 3.01. The lowest BCUT2D eigenvalue weighted by atomic mass is 10.0. The van der Waals surface area contributed by atoms with Crippen LogP contribution >= 0.6 is 0 Å². The molecule has 0 heterocycles. The van der Waals surface area contributed by atoms with Gasteiger partial charge in [-0.1, -0.05) is 71.9 Å². The van der Waals surface area contributed by atoms with Gasteiger partial charge in [0.1, 0.15) is 0 Å². The van der Waals surface area contributed by atoms with Crippen LogP contribution in [-0.2, 0) is 14.3 Å². The fraction of sp³-hybridized carbons (Fsp3) is 0.636. The summed E-state index contributed by atoms with van der Waals surface area (Å²) in [6.07, 6.45) is -1.65. The normalized spacial score (nSPS) is 12.0. The van der Waals surface area contributed by atoms with E-state index in [1.54, 1.807) is 12.1 Å². The largest absolute Gasteiger partial charge is 0.479 e. The average Bonchev–Trinajstić information content (AvgIpc) is 2.77. The van der Waals surface area contributed by atoms with Crippen LogP contribution in [0.3, 0.4) is 0 Å². The summed E-state index contributed by atoms with van der Waals surface area (Å²) in [6, 6.07) is 8.38. The Morgan fingerprint density at radius 1 is 1.14 bits per heavy atom. The van der Waals surface area contributed by atoms with E-state index in [1.807, 2.05) is 78.7 Å². The van der Waals surface area contributed by atoms with Crippen LogP contribution in [0.25, 0.3) is 0 Å². The molecule has 7 heteroatoms. The zero-order chi connectivity index (χ0) is 23.8. The maximum atomic E-state index is 12.1. The van der Waals surface area contributed by atoms with E-state index in [2.05, 4.69) is 0 Å². The minimum Gasteiger partial charge on any atom is -0.479 e. The number of nitrogens with two attached hydrogens (primary N) is 1. The minimum atomic E-state index is -1.28. The number of ether oxygens (including phenoxy) is 1. The van der Waals surface area contributed by atoms with Crippen LogP contribution in [0.5, 0.6) is 0 Å². The molecule has 29 heavy (non-hydrogen) atoms. The molecule has 6 nitrogen and oxygen atoms in total. The first-order chi connectivity index (χ1) is 13.8. The van der Waals surface area contributed by atoms with Crippen molar-refractivity contribution in [3.8, 4) is 0 Å². The number of hydrogen-bond donors (Lipinski definition) is 2. The Morgan fingerprint density at radius 2 is 1.59 bits per heavy atom. The summed E-state index contributed by atoms with van der Waals surface area (Å²) in [5.41, 5.74) is 6.50. The minimum absolute atomic E-state index is 0.302. The van der Waals surface area contributed by atoms with Crippen molar-refractivity contribution in [2.24, 2.45) is 5.73 Å². The molecule has 0 fully saturated rings. The summed E-state index contributed by atoms with van der Waals surface area (Å²) in [6.45, 7) is 12.6. The van der Waals surface area contributed by atoms with Crippen molar-refractivity contribution >= 4 is 12.3 Å². The number of carbonyl (C=O) groups excluding carboxylic acids is 1. The predicted molar refractivity (Wildman–Crippen MR) is 120 cm³/mol. The maximum absolute atomic E-state index is 12.1. The molecule has 0 saturated heterocycles. The third kappa shape index (κ3) is 20.7. The Labute approximate surface area is 177 Å². The number of nitrogens with zero attached hydrogens (tertiary/aromatic N) is 1. The van der Waals surface area contributed by atoms with E-state index >= 15 is 0 Å². The SMILES string of the molecule is CC.CC.CC.CN(C)CCC(F)C=O.CO[C@@H](C(=O)O)[C@@H](N)c1ccccc1. The van der Waals surface area contributed by atoms with Crippen molar-refractivity contribution in [1.82, 2.24) is 4.90 Å². The molecular weight excluding hydrogens is 375 g/mol. The number of alkyl halides is 1. The highest BCUT2D eigenvalue weighted by molar-refractivity contribution is 5.73. The number of carboxylic acids is 1. The van der Waals surface area contributed by atoms with Crippen molar-refractivity contribution in [2.45, 2.75) is 66.3 Å². The molecule has 3 atom stereocenters. The second-order valence-electron chi connectivity index (χ2n) is 5.18. The Kier molecular flexibility index (Phi) is 31.3. The Balaban J connectivity index is -0.000000181. The molecule has 1 aromatic carbocycles. The van der Waals surface area contributed by atoms with Crippen molar-refractivity contribution in [3.63, 3.8) is 0 Å². The van der Waals surface area contributed by atoms with Gasteiger partial charge in [0.05, 0.1) is 6.04 Å². The van der Waals surface area contributed by atoms with Gasteiger partial charge in [0.15, 0.2) is 18.6 Å². The summed E-state index contributed by atoms with van der Waals surface area (Å²) < 4.78 is 16.9. The van der Waals surface area contributed by atoms with E-state index in [9.17, 15) is 14.0 Å². The van der Waals surface area contributed by atoms with Crippen molar-refractivity contribution in [3.05, 3.63) is 35.9 Å². The fourth-order valence-corrected chi connectivity index (χ4v) is 1.70. The molecule has 0 aliphatic carbocycles. The second-order valence-corrected chi connectivity index (χ2v) is 5.18. The first kappa shape index (κ1) is 34.7. The van der Waals surface area contributed by atoms with Crippen LogP contribution in [0, 0.1) is 0 Å². The number of benzene rings is 1. The molecule has 0 aromatic heterocycles. The number of methoxy groups -OCH3 is 1. The van der Waals surface area contributed by atoms with Gasteiger partial charge < -0.3 is 25.3 Å². The fourth-order valence-electron chi connectivity index (χ4n) is 1.70. The van der Waals surface area contributed by atoms with Crippen LogP contribution in [0.15, 0.2) is 30.3 Å². The zero-order valence-corrected chi connectivity index (χ0v) is 19.7. The molecule has 0 radical (unpaired) electrons. The smallest absolute Gasteiger partial charge is 0.334 e. The van der Waals surface area contributed by atoms with Crippen LogP contribution < -0.4 is 5.73 Å². The van der Waals surface area contributed by atoms with Gasteiger partial charge in [-0.15, -0.1) is 0 Å². The molecule has 172 valence electrons. The summed E-state index contributed by atoms with van der Waals surface area (Å²) in [5, 5.41) is 8.80. The third-order valence-corrected chi connectivity index (χ3v) is 3.01. The quantitative estimate of drug-likeness (QED) is 0.610. The van der Waals surface area contributed by atoms with Gasteiger partial charge in [-0.25, -0.2) is 9.18 Å². The Hall–Kier alpha value is -1.83. The highest BCUT2D eigenvalue weighted by atomic mass is 19.1. The van der Waals surface area contributed by atoms with E-state index in [0.717, 1.165) is 5.56 Å². The van der Waals surface area contributed by atoms with Crippen molar-refractivity contribution in [1.29, 1.82) is 0 Å². The van der Waals surface area contributed by atoms with Crippen molar-refractivity contribution in [2.75, 3.05) is 27.7 Å². The van der Waals surface area contributed by atoms with Gasteiger partial charge in [-0.2, -0.15) is 0 Å².